The Bertz CT molecular complexity index is 769. The van der Waals surface area contributed by atoms with Gasteiger partial charge < -0.3 is 5.32 Å². The van der Waals surface area contributed by atoms with Gasteiger partial charge in [0, 0.05) is 29.0 Å². The molecule has 118 valence electrons. The molecule has 1 amide bonds. The molecular weight excluding hydrogens is 298 g/mol. The summed E-state index contributed by atoms with van der Waals surface area (Å²) in [4.78, 5) is 37.7. The molecule has 0 bridgehead atoms. The van der Waals surface area contributed by atoms with Crippen molar-refractivity contribution in [3.8, 4) is 0 Å². The summed E-state index contributed by atoms with van der Waals surface area (Å²) in [6, 6.07) is 8.70. The molecule has 0 saturated heterocycles. The summed E-state index contributed by atoms with van der Waals surface area (Å²) < 4.78 is 0. The van der Waals surface area contributed by atoms with Gasteiger partial charge in [0.2, 0.25) is 0 Å². The van der Waals surface area contributed by atoms with Gasteiger partial charge in [-0.05, 0) is 38.1 Å². The molecule has 0 radical (unpaired) electrons. The largest absolute Gasteiger partial charge is 0.346 e. The molecule has 2 rings (SSSR count). The van der Waals surface area contributed by atoms with Crippen molar-refractivity contribution < 1.29 is 14.5 Å². The molecule has 1 aromatic carbocycles. The molecule has 0 aliphatic rings. The van der Waals surface area contributed by atoms with Gasteiger partial charge in [-0.15, -0.1) is 0 Å². The van der Waals surface area contributed by atoms with Gasteiger partial charge in [0.1, 0.15) is 0 Å². The van der Waals surface area contributed by atoms with Crippen molar-refractivity contribution in [2.24, 2.45) is 0 Å². The second-order valence-corrected chi connectivity index (χ2v) is 4.98. The Morgan fingerprint density at radius 1 is 1.17 bits per heavy atom. The van der Waals surface area contributed by atoms with Crippen LogP contribution in [-0.4, -0.2) is 21.6 Å². The van der Waals surface area contributed by atoms with E-state index in [9.17, 15) is 19.7 Å². The number of benzene rings is 1. The molecule has 1 aromatic heterocycles. The monoisotopic (exact) mass is 313 g/mol. The fraction of sp³-hybridized carbons (Fsp3) is 0.188. The Kier molecular flexibility index (Phi) is 4.80. The second kappa shape index (κ2) is 6.78. The number of pyridine rings is 1. The molecule has 1 N–H and O–H groups in total. The fourth-order valence-electron chi connectivity index (χ4n) is 2.09. The summed E-state index contributed by atoms with van der Waals surface area (Å²) in [6.45, 7) is 3.41. The number of carbonyl (C=O) groups excluding carboxylic acids is 2. The molecule has 0 spiro atoms. The third-order valence-electron chi connectivity index (χ3n) is 3.29. The summed E-state index contributed by atoms with van der Waals surface area (Å²) in [6.07, 6.45) is 0. The van der Waals surface area contributed by atoms with Gasteiger partial charge in [-0.3, -0.25) is 24.7 Å². The van der Waals surface area contributed by atoms with Crippen molar-refractivity contribution in [2.75, 3.05) is 0 Å². The lowest BCUT2D eigenvalue weighted by Gasteiger charge is -2.07. The van der Waals surface area contributed by atoms with E-state index in [4.69, 9.17) is 0 Å². The van der Waals surface area contributed by atoms with E-state index >= 15 is 0 Å². The molecule has 0 fully saturated rings. The molecular formula is C16H15N3O4. The van der Waals surface area contributed by atoms with Gasteiger partial charge in [-0.2, -0.15) is 0 Å². The standard InChI is InChI=1S/C16H15N3O4/c1-10-15(11(2)20)8-5-13(18-10)9-17-16(21)12-3-6-14(7-4-12)19(22)23/h3-8H,9H2,1-2H3,(H,17,21). The van der Waals surface area contributed by atoms with Crippen molar-refractivity contribution in [2.45, 2.75) is 20.4 Å². The van der Waals surface area contributed by atoms with Gasteiger partial charge in [0.25, 0.3) is 11.6 Å². The highest BCUT2D eigenvalue weighted by atomic mass is 16.6. The van der Waals surface area contributed by atoms with Crippen LogP contribution < -0.4 is 5.32 Å². The first-order valence-electron chi connectivity index (χ1n) is 6.88. The Balaban J connectivity index is 2.02. The minimum atomic E-state index is -0.523. The number of Topliss-reactive ketones (excluding diaryl/α,β-unsaturated/α-hetero) is 1. The average Bonchev–Trinajstić information content (AvgIpc) is 2.52. The Morgan fingerprint density at radius 3 is 2.35 bits per heavy atom. The van der Waals surface area contributed by atoms with E-state index in [-0.39, 0.29) is 23.9 Å². The number of hydrogen-bond donors (Lipinski definition) is 1. The van der Waals surface area contributed by atoms with Gasteiger partial charge in [0.15, 0.2) is 5.78 Å². The zero-order chi connectivity index (χ0) is 17.0. The first kappa shape index (κ1) is 16.3. The fourth-order valence-corrected chi connectivity index (χ4v) is 2.09. The summed E-state index contributed by atoms with van der Waals surface area (Å²) in [5.74, 6) is -0.411. The number of nitro groups is 1. The Morgan fingerprint density at radius 2 is 1.83 bits per heavy atom. The number of rotatable bonds is 5. The highest BCUT2D eigenvalue weighted by Gasteiger charge is 2.10. The third-order valence-corrected chi connectivity index (χ3v) is 3.29. The van der Waals surface area contributed by atoms with Crippen molar-refractivity contribution in [1.29, 1.82) is 0 Å². The lowest BCUT2D eigenvalue weighted by Crippen LogP contribution is -2.23. The molecule has 7 heteroatoms. The maximum absolute atomic E-state index is 12.0. The lowest BCUT2D eigenvalue weighted by molar-refractivity contribution is -0.384. The first-order chi connectivity index (χ1) is 10.9. The molecule has 23 heavy (non-hydrogen) atoms. The highest BCUT2D eigenvalue weighted by molar-refractivity contribution is 5.95. The predicted octanol–water partition coefficient (Wildman–Crippen LogP) is 2.43. The van der Waals surface area contributed by atoms with Crippen molar-refractivity contribution in [3.63, 3.8) is 0 Å². The molecule has 0 atom stereocenters. The van der Waals surface area contributed by atoms with Crippen LogP contribution in [-0.2, 0) is 6.54 Å². The predicted molar refractivity (Wildman–Crippen MR) is 83.2 cm³/mol. The number of hydrogen-bond acceptors (Lipinski definition) is 5. The lowest BCUT2D eigenvalue weighted by atomic mass is 10.1. The van der Waals surface area contributed by atoms with Gasteiger partial charge in [-0.1, -0.05) is 0 Å². The number of ketones is 1. The van der Waals surface area contributed by atoms with E-state index < -0.39 is 4.92 Å². The van der Waals surface area contributed by atoms with E-state index in [0.717, 1.165) is 0 Å². The first-order valence-corrected chi connectivity index (χ1v) is 6.88. The van der Waals surface area contributed by atoms with Crippen LogP contribution in [0.2, 0.25) is 0 Å². The number of nitro benzene ring substituents is 1. The summed E-state index contributed by atoms with van der Waals surface area (Å²) in [5, 5.41) is 13.3. The number of amides is 1. The SMILES string of the molecule is CC(=O)c1ccc(CNC(=O)c2ccc([N+](=O)[O-])cc2)nc1C. The topological polar surface area (TPSA) is 102 Å². The third kappa shape index (κ3) is 3.97. The van der Waals surface area contributed by atoms with Crippen LogP contribution in [0.5, 0.6) is 0 Å². The van der Waals surface area contributed by atoms with Gasteiger partial charge in [0.05, 0.1) is 17.2 Å². The van der Waals surface area contributed by atoms with Crippen LogP contribution in [0.1, 0.15) is 39.0 Å². The summed E-state index contributed by atoms with van der Waals surface area (Å²) in [5.41, 5.74) is 2.05. The molecule has 0 unspecified atom stereocenters. The number of nitrogens with zero attached hydrogens (tertiary/aromatic N) is 2. The van der Waals surface area contributed by atoms with E-state index in [1.165, 1.54) is 31.2 Å². The normalized spacial score (nSPS) is 10.2. The quantitative estimate of drug-likeness (QED) is 0.519. The maximum Gasteiger partial charge on any atom is 0.269 e. The molecule has 2 aromatic rings. The molecule has 1 heterocycles. The van der Waals surface area contributed by atoms with Crippen molar-refractivity contribution >= 4 is 17.4 Å². The van der Waals surface area contributed by atoms with Crippen molar-refractivity contribution in [3.05, 3.63) is 69.0 Å². The maximum atomic E-state index is 12.0. The molecule has 7 nitrogen and oxygen atoms in total. The van der Waals surface area contributed by atoms with Crippen LogP contribution in [0.15, 0.2) is 36.4 Å². The smallest absolute Gasteiger partial charge is 0.269 e. The number of aryl methyl sites for hydroxylation is 1. The van der Waals surface area contributed by atoms with E-state index in [1.807, 2.05) is 0 Å². The van der Waals surface area contributed by atoms with Crippen LogP contribution in [0.25, 0.3) is 0 Å². The number of nitrogens with one attached hydrogen (secondary N) is 1. The number of aromatic nitrogens is 1. The van der Waals surface area contributed by atoms with E-state index in [0.29, 0.717) is 22.5 Å². The molecule has 0 aliphatic carbocycles. The van der Waals surface area contributed by atoms with E-state index in [1.54, 1.807) is 19.1 Å². The van der Waals surface area contributed by atoms with Crippen LogP contribution in [0.4, 0.5) is 5.69 Å². The van der Waals surface area contributed by atoms with Crippen LogP contribution in [0, 0.1) is 17.0 Å². The minimum absolute atomic E-state index is 0.0588. The molecule has 0 saturated carbocycles. The van der Waals surface area contributed by atoms with Crippen LogP contribution in [0.3, 0.4) is 0 Å². The summed E-state index contributed by atoms with van der Waals surface area (Å²) >= 11 is 0. The summed E-state index contributed by atoms with van der Waals surface area (Å²) in [7, 11) is 0. The zero-order valence-electron chi connectivity index (χ0n) is 12.7. The van der Waals surface area contributed by atoms with Crippen molar-refractivity contribution in [1.82, 2.24) is 10.3 Å². The van der Waals surface area contributed by atoms with Gasteiger partial charge >= 0.3 is 0 Å². The van der Waals surface area contributed by atoms with Gasteiger partial charge in [-0.25, -0.2) is 0 Å². The Labute approximate surface area is 132 Å². The number of carbonyl (C=O) groups is 2. The Hall–Kier alpha value is -3.09. The zero-order valence-corrected chi connectivity index (χ0v) is 12.7. The second-order valence-electron chi connectivity index (χ2n) is 4.98. The van der Waals surface area contributed by atoms with Crippen LogP contribution >= 0.6 is 0 Å². The molecule has 0 aliphatic heterocycles. The number of non-ortho nitro benzene ring substituents is 1. The average molecular weight is 313 g/mol. The van der Waals surface area contributed by atoms with E-state index in [2.05, 4.69) is 10.3 Å². The highest BCUT2D eigenvalue weighted by Crippen LogP contribution is 2.12. The minimum Gasteiger partial charge on any atom is -0.346 e.